The summed E-state index contributed by atoms with van der Waals surface area (Å²) in [5.41, 5.74) is 4.78. The Morgan fingerprint density at radius 1 is 1.08 bits per heavy atom. The number of fused-ring (bicyclic) bond motifs is 3. The SMILES string of the molecule is CC(C)C[C@H](CC=O)NC(=O)OCC1c2ccccc2-c2ccccc21. The number of alkyl carbamates (subject to hydrolysis) is 1. The summed E-state index contributed by atoms with van der Waals surface area (Å²) in [6.45, 7) is 4.42. The van der Waals surface area contributed by atoms with Crippen LogP contribution in [0.4, 0.5) is 4.79 Å². The van der Waals surface area contributed by atoms with Gasteiger partial charge in [-0.05, 0) is 34.6 Å². The molecule has 2 aromatic rings. The average Bonchev–Trinajstić information content (AvgIpc) is 2.94. The van der Waals surface area contributed by atoms with Crippen molar-refractivity contribution in [2.75, 3.05) is 6.61 Å². The molecule has 0 saturated carbocycles. The first-order chi connectivity index (χ1) is 12.6. The van der Waals surface area contributed by atoms with E-state index < -0.39 is 6.09 Å². The minimum absolute atomic E-state index is 0.0442. The van der Waals surface area contributed by atoms with E-state index in [2.05, 4.69) is 43.4 Å². The van der Waals surface area contributed by atoms with E-state index in [1.54, 1.807) is 0 Å². The molecule has 0 heterocycles. The molecule has 1 amide bonds. The molecule has 4 heteroatoms. The smallest absolute Gasteiger partial charge is 0.407 e. The van der Waals surface area contributed by atoms with Crippen LogP contribution in [0.25, 0.3) is 11.1 Å². The fourth-order valence-corrected chi connectivity index (χ4v) is 3.71. The maximum absolute atomic E-state index is 12.2. The van der Waals surface area contributed by atoms with Gasteiger partial charge in [-0.15, -0.1) is 0 Å². The number of benzene rings is 2. The number of hydrogen-bond donors (Lipinski definition) is 1. The summed E-state index contributed by atoms with van der Waals surface area (Å²) < 4.78 is 5.53. The molecule has 0 unspecified atom stereocenters. The van der Waals surface area contributed by atoms with Crippen LogP contribution in [-0.4, -0.2) is 25.0 Å². The van der Waals surface area contributed by atoms with Crippen LogP contribution in [0.2, 0.25) is 0 Å². The molecule has 1 aliphatic rings. The molecule has 0 aromatic heterocycles. The van der Waals surface area contributed by atoms with E-state index in [0.717, 1.165) is 12.7 Å². The molecule has 2 aromatic carbocycles. The number of nitrogens with one attached hydrogen (secondary N) is 1. The van der Waals surface area contributed by atoms with Crippen LogP contribution in [0.15, 0.2) is 48.5 Å². The molecular weight excluding hydrogens is 326 g/mol. The zero-order valence-corrected chi connectivity index (χ0v) is 15.3. The third kappa shape index (κ3) is 3.96. The van der Waals surface area contributed by atoms with Gasteiger partial charge in [0, 0.05) is 18.4 Å². The van der Waals surface area contributed by atoms with E-state index in [9.17, 15) is 9.59 Å². The van der Waals surface area contributed by atoms with Gasteiger partial charge in [-0.2, -0.15) is 0 Å². The van der Waals surface area contributed by atoms with Crippen LogP contribution in [-0.2, 0) is 9.53 Å². The number of rotatable bonds is 7. The normalized spacial score (nSPS) is 13.8. The Morgan fingerprint density at radius 3 is 2.19 bits per heavy atom. The van der Waals surface area contributed by atoms with Gasteiger partial charge in [0.1, 0.15) is 12.9 Å². The van der Waals surface area contributed by atoms with Gasteiger partial charge in [0.2, 0.25) is 0 Å². The second-order valence-corrected chi connectivity index (χ2v) is 7.20. The summed E-state index contributed by atoms with van der Waals surface area (Å²) in [5, 5.41) is 2.83. The standard InChI is InChI=1S/C22H25NO3/c1-15(2)13-16(11-12-24)23-22(25)26-14-21-19-9-5-3-7-17(19)18-8-4-6-10-20(18)21/h3-10,12,15-16,21H,11,13-14H2,1-2H3,(H,23,25)/t16-/m0/s1. The van der Waals surface area contributed by atoms with Gasteiger partial charge in [-0.1, -0.05) is 62.4 Å². The highest BCUT2D eigenvalue weighted by Crippen LogP contribution is 2.44. The Hall–Kier alpha value is -2.62. The predicted octanol–water partition coefficient (Wildman–Crippen LogP) is 4.53. The molecule has 26 heavy (non-hydrogen) atoms. The van der Waals surface area contributed by atoms with Crippen LogP contribution in [0, 0.1) is 5.92 Å². The predicted molar refractivity (Wildman–Crippen MR) is 102 cm³/mol. The molecule has 4 nitrogen and oxygen atoms in total. The van der Waals surface area contributed by atoms with Crippen molar-refractivity contribution in [2.45, 2.75) is 38.6 Å². The van der Waals surface area contributed by atoms with Gasteiger partial charge in [-0.3, -0.25) is 0 Å². The third-order valence-corrected chi connectivity index (χ3v) is 4.80. The third-order valence-electron chi connectivity index (χ3n) is 4.80. The van der Waals surface area contributed by atoms with Crippen molar-refractivity contribution in [3.05, 3.63) is 59.7 Å². The fourth-order valence-electron chi connectivity index (χ4n) is 3.71. The molecule has 0 bridgehead atoms. The lowest BCUT2D eigenvalue weighted by molar-refractivity contribution is -0.108. The van der Waals surface area contributed by atoms with Crippen molar-refractivity contribution in [3.63, 3.8) is 0 Å². The van der Waals surface area contributed by atoms with Crippen LogP contribution >= 0.6 is 0 Å². The molecule has 0 spiro atoms. The van der Waals surface area contributed by atoms with Gasteiger partial charge in [-0.25, -0.2) is 4.79 Å². The van der Waals surface area contributed by atoms with Gasteiger partial charge in [0.15, 0.2) is 0 Å². The zero-order chi connectivity index (χ0) is 18.5. The first-order valence-electron chi connectivity index (χ1n) is 9.15. The van der Waals surface area contributed by atoms with Crippen molar-refractivity contribution in [1.82, 2.24) is 5.32 Å². The average molecular weight is 351 g/mol. The van der Waals surface area contributed by atoms with E-state index in [4.69, 9.17) is 4.74 Å². The summed E-state index contributed by atoms with van der Waals surface area (Å²) >= 11 is 0. The van der Waals surface area contributed by atoms with Crippen LogP contribution < -0.4 is 5.32 Å². The van der Waals surface area contributed by atoms with Crippen LogP contribution in [0.5, 0.6) is 0 Å². The molecule has 3 rings (SSSR count). The number of aldehydes is 1. The molecule has 1 N–H and O–H groups in total. The molecule has 1 aliphatic carbocycles. The highest BCUT2D eigenvalue weighted by Gasteiger charge is 2.29. The van der Waals surface area contributed by atoms with Gasteiger partial charge in [0.05, 0.1) is 0 Å². The number of amides is 1. The summed E-state index contributed by atoms with van der Waals surface area (Å²) in [6, 6.07) is 16.3. The van der Waals surface area contributed by atoms with Crippen molar-refractivity contribution >= 4 is 12.4 Å². The number of carbonyl (C=O) groups is 2. The monoisotopic (exact) mass is 351 g/mol. The van der Waals surface area contributed by atoms with Gasteiger partial charge >= 0.3 is 6.09 Å². The van der Waals surface area contributed by atoms with Crippen molar-refractivity contribution in [2.24, 2.45) is 5.92 Å². The lowest BCUT2D eigenvalue weighted by Gasteiger charge is -2.19. The fraction of sp³-hybridized carbons (Fsp3) is 0.364. The van der Waals surface area contributed by atoms with E-state index in [1.807, 2.05) is 24.3 Å². The Bertz CT molecular complexity index is 739. The minimum atomic E-state index is -0.459. The van der Waals surface area contributed by atoms with E-state index in [1.165, 1.54) is 22.3 Å². The number of carbonyl (C=O) groups excluding carboxylic acids is 2. The molecule has 0 saturated heterocycles. The van der Waals surface area contributed by atoms with E-state index in [0.29, 0.717) is 12.3 Å². The Labute approximate surface area is 154 Å². The molecule has 136 valence electrons. The highest BCUT2D eigenvalue weighted by molar-refractivity contribution is 5.79. The first-order valence-corrected chi connectivity index (χ1v) is 9.15. The van der Waals surface area contributed by atoms with Crippen molar-refractivity contribution in [3.8, 4) is 11.1 Å². The topological polar surface area (TPSA) is 55.4 Å². The minimum Gasteiger partial charge on any atom is -0.449 e. The zero-order valence-electron chi connectivity index (χ0n) is 15.3. The van der Waals surface area contributed by atoms with Crippen molar-refractivity contribution < 1.29 is 14.3 Å². The molecular formula is C22H25NO3. The van der Waals surface area contributed by atoms with E-state index in [-0.39, 0.29) is 18.6 Å². The number of ether oxygens (including phenoxy) is 1. The summed E-state index contributed by atoms with van der Waals surface area (Å²) in [7, 11) is 0. The number of hydrogen-bond acceptors (Lipinski definition) is 3. The summed E-state index contributed by atoms with van der Waals surface area (Å²) in [4.78, 5) is 23.1. The van der Waals surface area contributed by atoms with Crippen molar-refractivity contribution in [1.29, 1.82) is 0 Å². The molecule has 1 atom stereocenters. The summed E-state index contributed by atoms with van der Waals surface area (Å²) in [5.74, 6) is 0.441. The molecule has 0 aliphatic heterocycles. The quantitative estimate of drug-likeness (QED) is 0.746. The maximum Gasteiger partial charge on any atom is 0.407 e. The van der Waals surface area contributed by atoms with Gasteiger partial charge < -0.3 is 14.8 Å². The van der Waals surface area contributed by atoms with Crippen LogP contribution in [0.3, 0.4) is 0 Å². The maximum atomic E-state index is 12.2. The largest absolute Gasteiger partial charge is 0.449 e. The summed E-state index contributed by atoms with van der Waals surface area (Å²) in [6.07, 6.45) is 1.45. The van der Waals surface area contributed by atoms with Crippen LogP contribution in [0.1, 0.15) is 43.7 Å². The highest BCUT2D eigenvalue weighted by atomic mass is 16.5. The second kappa shape index (κ2) is 8.17. The lowest BCUT2D eigenvalue weighted by Crippen LogP contribution is -2.37. The Balaban J connectivity index is 1.68. The second-order valence-electron chi connectivity index (χ2n) is 7.20. The first kappa shape index (κ1) is 18.2. The van der Waals surface area contributed by atoms with Gasteiger partial charge in [0.25, 0.3) is 0 Å². The van der Waals surface area contributed by atoms with E-state index >= 15 is 0 Å². The lowest BCUT2D eigenvalue weighted by atomic mass is 9.98. The molecule has 0 radical (unpaired) electrons. The Morgan fingerprint density at radius 2 is 1.65 bits per heavy atom. The molecule has 0 fully saturated rings. The Kier molecular flexibility index (Phi) is 5.71.